The lowest BCUT2D eigenvalue weighted by atomic mass is 10.0. The first kappa shape index (κ1) is 26.0. The second-order valence-corrected chi connectivity index (χ2v) is 9.33. The summed E-state index contributed by atoms with van der Waals surface area (Å²) < 4.78 is 12.3. The lowest BCUT2D eigenvalue weighted by Gasteiger charge is -2.18. The molecule has 1 aliphatic rings. The van der Waals surface area contributed by atoms with E-state index in [0.717, 1.165) is 41.8 Å². The number of aromatic nitrogens is 4. The second kappa shape index (κ2) is 11.8. The van der Waals surface area contributed by atoms with E-state index in [0.29, 0.717) is 29.9 Å². The van der Waals surface area contributed by atoms with Gasteiger partial charge in [0.05, 0.1) is 37.9 Å². The van der Waals surface area contributed by atoms with Crippen LogP contribution in [-0.4, -0.2) is 57.2 Å². The van der Waals surface area contributed by atoms with E-state index < -0.39 is 18.1 Å². The third kappa shape index (κ3) is 6.25. The van der Waals surface area contributed by atoms with Crippen LogP contribution in [0.2, 0.25) is 0 Å². The number of aliphatic carboxylic acids is 1. The number of carbonyl (C=O) groups excluding carboxylic acids is 1. The average molecular weight is 531 g/mol. The van der Waals surface area contributed by atoms with Gasteiger partial charge in [-0.1, -0.05) is 6.07 Å². The number of rotatable bonds is 10. The molecule has 4 heterocycles. The summed E-state index contributed by atoms with van der Waals surface area (Å²) >= 11 is 0. The number of pyridine rings is 2. The van der Waals surface area contributed by atoms with Crippen molar-refractivity contribution in [3.8, 4) is 5.75 Å². The van der Waals surface area contributed by atoms with Gasteiger partial charge in [0.25, 0.3) is 0 Å². The molecule has 1 unspecified atom stereocenters. The van der Waals surface area contributed by atoms with E-state index in [-0.39, 0.29) is 13.0 Å². The molecule has 0 bridgehead atoms. The fraction of sp³-hybridized carbons (Fsp3) is 0.321. The number of amides is 1. The highest BCUT2D eigenvalue weighted by Crippen LogP contribution is 2.29. The summed E-state index contributed by atoms with van der Waals surface area (Å²) in [4.78, 5) is 32.2. The third-order valence-electron chi connectivity index (χ3n) is 6.63. The number of carbonyl (C=O) groups is 2. The van der Waals surface area contributed by atoms with Crippen molar-refractivity contribution in [3.63, 3.8) is 0 Å². The predicted octanol–water partition coefficient (Wildman–Crippen LogP) is 3.73. The molecule has 0 fully saturated rings. The fourth-order valence-corrected chi connectivity index (χ4v) is 4.69. The van der Waals surface area contributed by atoms with Crippen molar-refractivity contribution in [2.24, 2.45) is 0 Å². The third-order valence-corrected chi connectivity index (χ3v) is 6.63. The molecule has 1 atom stereocenters. The van der Waals surface area contributed by atoms with Crippen molar-refractivity contribution in [2.45, 2.75) is 38.3 Å². The van der Waals surface area contributed by atoms with Crippen molar-refractivity contribution in [3.05, 3.63) is 77.4 Å². The van der Waals surface area contributed by atoms with Crippen LogP contribution in [0.15, 0.2) is 55.0 Å². The Labute approximate surface area is 225 Å². The summed E-state index contributed by atoms with van der Waals surface area (Å²) in [5.41, 5.74) is 4.39. The molecular weight excluding hydrogens is 500 g/mol. The Balaban J connectivity index is 1.30. The van der Waals surface area contributed by atoms with Gasteiger partial charge in [-0.2, -0.15) is 5.10 Å². The molecule has 11 nitrogen and oxygen atoms in total. The lowest BCUT2D eigenvalue weighted by molar-refractivity contribution is -0.137. The molecule has 5 rings (SSSR count). The minimum Gasteiger partial charge on any atom is -0.493 e. The van der Waals surface area contributed by atoms with Crippen LogP contribution in [0, 0.1) is 0 Å². The summed E-state index contributed by atoms with van der Waals surface area (Å²) in [7, 11) is 1.29. The smallest absolute Gasteiger partial charge is 0.407 e. The van der Waals surface area contributed by atoms with Gasteiger partial charge in [0.2, 0.25) is 0 Å². The van der Waals surface area contributed by atoms with Crippen molar-refractivity contribution in [2.75, 3.05) is 25.6 Å². The highest BCUT2D eigenvalue weighted by atomic mass is 16.5. The molecule has 1 amide bonds. The van der Waals surface area contributed by atoms with Crippen LogP contribution < -0.4 is 15.4 Å². The standard InChI is InChI=1S/C28H30N6O5/c1-38-28(37)31-15-18-11-20(16-29-14-18)25(13-26(35)36)34-24-7-6-23(12-21(24)17-32-34)39-10-8-22-5-4-19-3-2-9-30-27(19)33-22/h4-7,11-12,14,16-17,25H,2-3,8-10,13,15H2,1H3,(H,30,33)(H,31,37)(H,35,36). The van der Waals surface area contributed by atoms with Gasteiger partial charge in [-0.25, -0.2) is 9.78 Å². The zero-order valence-corrected chi connectivity index (χ0v) is 21.6. The SMILES string of the molecule is COC(=O)NCc1cncc(C(CC(=O)O)n2ncc3cc(OCCc4ccc5c(n4)NCCC5)ccc32)c1. The topological polar surface area (TPSA) is 140 Å². The molecule has 0 aliphatic carbocycles. The monoisotopic (exact) mass is 530 g/mol. The molecule has 0 saturated heterocycles. The minimum atomic E-state index is -0.965. The molecule has 39 heavy (non-hydrogen) atoms. The molecule has 3 N–H and O–H groups in total. The number of benzene rings is 1. The van der Waals surface area contributed by atoms with Crippen LogP contribution in [0.4, 0.5) is 10.6 Å². The Hall–Kier alpha value is -4.67. The minimum absolute atomic E-state index is 0.187. The number of methoxy groups -OCH3 is 1. The van der Waals surface area contributed by atoms with Gasteiger partial charge >= 0.3 is 12.1 Å². The van der Waals surface area contributed by atoms with E-state index in [1.807, 2.05) is 24.3 Å². The second-order valence-electron chi connectivity index (χ2n) is 9.33. The Morgan fingerprint density at radius 1 is 1.18 bits per heavy atom. The normalized spacial score (nSPS) is 13.3. The lowest BCUT2D eigenvalue weighted by Crippen LogP contribution is -2.23. The van der Waals surface area contributed by atoms with Gasteiger partial charge in [-0.05, 0) is 59.9 Å². The fourth-order valence-electron chi connectivity index (χ4n) is 4.69. The number of carboxylic acid groups (broad SMARTS) is 1. The largest absolute Gasteiger partial charge is 0.493 e. The number of fused-ring (bicyclic) bond motifs is 2. The van der Waals surface area contributed by atoms with E-state index in [9.17, 15) is 14.7 Å². The van der Waals surface area contributed by atoms with Gasteiger partial charge in [0, 0.05) is 43.0 Å². The van der Waals surface area contributed by atoms with Crippen LogP contribution in [0.5, 0.6) is 5.75 Å². The maximum Gasteiger partial charge on any atom is 0.407 e. The molecule has 1 aromatic carbocycles. The van der Waals surface area contributed by atoms with Gasteiger partial charge in [0.1, 0.15) is 11.6 Å². The molecule has 202 valence electrons. The molecule has 0 spiro atoms. The van der Waals surface area contributed by atoms with E-state index in [2.05, 4.69) is 37.6 Å². The number of nitrogens with zero attached hydrogens (tertiary/aromatic N) is 4. The van der Waals surface area contributed by atoms with E-state index in [4.69, 9.17) is 9.72 Å². The van der Waals surface area contributed by atoms with Crippen molar-refractivity contribution in [1.29, 1.82) is 0 Å². The molecule has 0 radical (unpaired) electrons. The van der Waals surface area contributed by atoms with Crippen LogP contribution in [-0.2, 0) is 28.9 Å². The summed E-state index contributed by atoms with van der Waals surface area (Å²) in [6.45, 7) is 1.63. The molecular formula is C28H30N6O5. The number of hydrogen-bond donors (Lipinski definition) is 3. The molecule has 1 aliphatic heterocycles. The first-order valence-electron chi connectivity index (χ1n) is 12.8. The molecule has 11 heteroatoms. The highest BCUT2D eigenvalue weighted by molar-refractivity contribution is 5.81. The first-order valence-corrected chi connectivity index (χ1v) is 12.8. The van der Waals surface area contributed by atoms with Crippen molar-refractivity contribution in [1.82, 2.24) is 25.1 Å². The summed E-state index contributed by atoms with van der Waals surface area (Å²) in [5.74, 6) is 0.710. The van der Waals surface area contributed by atoms with Crippen molar-refractivity contribution < 1.29 is 24.2 Å². The van der Waals surface area contributed by atoms with E-state index >= 15 is 0 Å². The maximum absolute atomic E-state index is 11.8. The number of nitrogens with one attached hydrogen (secondary N) is 2. The van der Waals surface area contributed by atoms with E-state index in [1.54, 1.807) is 23.3 Å². The Morgan fingerprint density at radius 3 is 2.92 bits per heavy atom. The number of ether oxygens (including phenoxy) is 2. The number of aryl methyl sites for hydroxylation is 1. The first-order chi connectivity index (χ1) is 19.0. The zero-order chi connectivity index (χ0) is 27.2. The van der Waals surface area contributed by atoms with Crippen LogP contribution in [0.25, 0.3) is 10.9 Å². The zero-order valence-electron chi connectivity index (χ0n) is 21.6. The molecule has 3 aromatic heterocycles. The van der Waals surface area contributed by atoms with Crippen LogP contribution in [0.3, 0.4) is 0 Å². The highest BCUT2D eigenvalue weighted by Gasteiger charge is 2.22. The number of hydrogen-bond acceptors (Lipinski definition) is 8. The molecule has 4 aromatic rings. The number of alkyl carbamates (subject to hydrolysis) is 1. The van der Waals surface area contributed by atoms with Gasteiger partial charge < -0.3 is 25.2 Å². The Kier molecular flexibility index (Phi) is 7.86. The van der Waals surface area contributed by atoms with Crippen LogP contribution in [0.1, 0.15) is 41.3 Å². The Bertz CT molecular complexity index is 1490. The van der Waals surface area contributed by atoms with Gasteiger partial charge in [0.15, 0.2) is 0 Å². The van der Waals surface area contributed by atoms with Crippen molar-refractivity contribution >= 4 is 28.8 Å². The van der Waals surface area contributed by atoms with Gasteiger partial charge in [-0.15, -0.1) is 0 Å². The van der Waals surface area contributed by atoms with E-state index in [1.165, 1.54) is 12.7 Å². The molecule has 0 saturated carbocycles. The summed E-state index contributed by atoms with van der Waals surface area (Å²) in [6, 6.07) is 11.0. The van der Waals surface area contributed by atoms with Gasteiger partial charge in [-0.3, -0.25) is 14.5 Å². The quantitative estimate of drug-likeness (QED) is 0.280. The number of anilines is 1. The number of carboxylic acids is 1. The maximum atomic E-state index is 11.8. The van der Waals surface area contributed by atoms with Crippen LogP contribution >= 0.6 is 0 Å². The predicted molar refractivity (Wildman–Crippen MR) is 144 cm³/mol. The summed E-state index contributed by atoms with van der Waals surface area (Å²) in [6.07, 6.45) is 7.04. The summed E-state index contributed by atoms with van der Waals surface area (Å²) in [5, 5.41) is 20.9. The Morgan fingerprint density at radius 2 is 2.08 bits per heavy atom. The average Bonchev–Trinajstić information content (AvgIpc) is 3.37.